The van der Waals surface area contributed by atoms with Crippen molar-refractivity contribution >= 4 is 11.8 Å². The Morgan fingerprint density at radius 1 is 1.30 bits per heavy atom. The first kappa shape index (κ1) is 14.1. The van der Waals surface area contributed by atoms with E-state index >= 15 is 0 Å². The van der Waals surface area contributed by atoms with Crippen molar-refractivity contribution in [1.82, 2.24) is 20.0 Å². The van der Waals surface area contributed by atoms with E-state index in [1.54, 1.807) is 0 Å². The Morgan fingerprint density at radius 3 is 2.70 bits per heavy atom. The summed E-state index contributed by atoms with van der Waals surface area (Å²) in [6.07, 6.45) is 3.99. The Balaban J connectivity index is 1.52. The summed E-state index contributed by atoms with van der Waals surface area (Å²) in [5, 5.41) is 25.8. The summed E-state index contributed by atoms with van der Waals surface area (Å²) in [6.45, 7) is 2.26. The van der Waals surface area contributed by atoms with Gasteiger partial charge >= 0.3 is 5.97 Å². The fraction of sp³-hybridized carbons (Fsp3) is 0.467. The number of hydrogen-bond acceptors (Lipinski definition) is 6. The highest BCUT2D eigenvalue weighted by molar-refractivity contribution is 5.84. The monoisotopic (exact) mass is 315 g/mol. The van der Waals surface area contributed by atoms with E-state index in [4.69, 9.17) is 5.11 Å². The second-order valence-corrected chi connectivity index (χ2v) is 6.40. The third-order valence-corrected chi connectivity index (χ3v) is 4.63. The highest BCUT2D eigenvalue weighted by atomic mass is 16.4. The number of aromatic carboxylic acids is 1. The molecule has 0 radical (unpaired) electrons. The van der Waals surface area contributed by atoms with Gasteiger partial charge in [-0.1, -0.05) is 11.3 Å². The average Bonchev–Trinajstić information content (AvgIpc) is 3.18. The molecule has 120 valence electrons. The zero-order valence-corrected chi connectivity index (χ0v) is 12.5. The lowest BCUT2D eigenvalue weighted by Gasteiger charge is -2.41. The molecule has 0 unspecified atom stereocenters. The van der Waals surface area contributed by atoms with Crippen molar-refractivity contribution in [3.63, 3.8) is 0 Å². The number of aliphatic hydroxyl groups is 1. The van der Waals surface area contributed by atoms with Gasteiger partial charge in [-0.15, -0.1) is 5.10 Å². The molecule has 4 rings (SSSR count). The molecular weight excluding hydrogens is 298 g/mol. The molecule has 0 atom stereocenters. The molecular formula is C15H17N5O3. The van der Waals surface area contributed by atoms with Gasteiger partial charge in [0.1, 0.15) is 5.82 Å². The lowest BCUT2D eigenvalue weighted by molar-refractivity contribution is 0.0690. The van der Waals surface area contributed by atoms with E-state index in [1.807, 2.05) is 12.1 Å². The van der Waals surface area contributed by atoms with E-state index in [1.165, 1.54) is 23.7 Å². The van der Waals surface area contributed by atoms with Crippen LogP contribution in [0, 0.1) is 5.41 Å². The van der Waals surface area contributed by atoms with Gasteiger partial charge in [0.25, 0.3) is 0 Å². The maximum Gasteiger partial charge on any atom is 0.358 e. The zero-order chi connectivity index (χ0) is 16.0. The minimum atomic E-state index is -1.11. The first-order valence-electron chi connectivity index (χ1n) is 7.57. The van der Waals surface area contributed by atoms with Gasteiger partial charge < -0.3 is 15.1 Å². The van der Waals surface area contributed by atoms with Gasteiger partial charge in [0.15, 0.2) is 5.69 Å². The summed E-state index contributed by atoms with van der Waals surface area (Å²) in [7, 11) is 0. The van der Waals surface area contributed by atoms with Crippen LogP contribution in [0.25, 0.3) is 0 Å². The molecule has 2 aliphatic rings. The molecule has 2 N–H and O–H groups in total. The Labute approximate surface area is 132 Å². The van der Waals surface area contributed by atoms with Crippen LogP contribution in [0.5, 0.6) is 0 Å². The van der Waals surface area contributed by atoms with Crippen LogP contribution in [0.4, 0.5) is 5.82 Å². The SMILES string of the molecule is O=C(O)c1cn(Cc2ccc(N3CC4(CC4)C3)nc2CO)nn1. The van der Waals surface area contributed by atoms with Crippen LogP contribution in [0.3, 0.4) is 0 Å². The summed E-state index contributed by atoms with van der Waals surface area (Å²) in [5.74, 6) is -0.223. The zero-order valence-electron chi connectivity index (χ0n) is 12.5. The normalized spacial score (nSPS) is 18.0. The second-order valence-electron chi connectivity index (χ2n) is 6.40. The number of nitrogens with zero attached hydrogens (tertiary/aromatic N) is 5. The molecule has 0 aromatic carbocycles. The second kappa shape index (κ2) is 5.02. The van der Waals surface area contributed by atoms with Crippen molar-refractivity contribution in [2.24, 2.45) is 5.41 Å². The molecule has 0 bridgehead atoms. The molecule has 1 aliphatic carbocycles. The standard InChI is InChI=1S/C15H17N5O3/c21-7-12-10(5-20-6-11(14(22)23)17-18-20)1-2-13(16-12)19-8-15(9-19)3-4-15/h1-2,6,21H,3-5,7-9H2,(H,22,23). The number of hydrogen-bond donors (Lipinski definition) is 2. The van der Waals surface area contributed by atoms with Crippen LogP contribution in [-0.2, 0) is 13.2 Å². The van der Waals surface area contributed by atoms with Crippen LogP contribution >= 0.6 is 0 Å². The first-order chi connectivity index (χ1) is 11.1. The van der Waals surface area contributed by atoms with Crippen molar-refractivity contribution in [1.29, 1.82) is 0 Å². The molecule has 1 spiro atoms. The van der Waals surface area contributed by atoms with E-state index in [0.29, 0.717) is 17.7 Å². The summed E-state index contributed by atoms with van der Waals surface area (Å²) >= 11 is 0. The van der Waals surface area contributed by atoms with Crippen LogP contribution < -0.4 is 4.90 Å². The van der Waals surface area contributed by atoms with Gasteiger partial charge in [0, 0.05) is 18.5 Å². The Hall–Kier alpha value is -2.48. The Kier molecular flexibility index (Phi) is 3.08. The van der Waals surface area contributed by atoms with Gasteiger partial charge in [0.05, 0.1) is 25.0 Å². The maximum atomic E-state index is 10.8. The van der Waals surface area contributed by atoms with Crippen molar-refractivity contribution < 1.29 is 15.0 Å². The number of aliphatic hydroxyl groups excluding tert-OH is 1. The van der Waals surface area contributed by atoms with Crippen molar-refractivity contribution in [2.45, 2.75) is 26.0 Å². The molecule has 23 heavy (non-hydrogen) atoms. The molecule has 8 nitrogen and oxygen atoms in total. The smallest absolute Gasteiger partial charge is 0.358 e. The minimum absolute atomic E-state index is 0.101. The number of pyridine rings is 1. The number of anilines is 1. The molecule has 2 fully saturated rings. The fourth-order valence-corrected chi connectivity index (χ4v) is 3.04. The van der Waals surface area contributed by atoms with Gasteiger partial charge in [-0.3, -0.25) is 0 Å². The Morgan fingerprint density at radius 2 is 2.09 bits per heavy atom. The van der Waals surface area contributed by atoms with Crippen LogP contribution in [0.2, 0.25) is 0 Å². The quantitative estimate of drug-likeness (QED) is 0.828. The van der Waals surface area contributed by atoms with E-state index in [0.717, 1.165) is 24.5 Å². The molecule has 2 aromatic heterocycles. The predicted molar refractivity (Wildman–Crippen MR) is 80.1 cm³/mol. The van der Waals surface area contributed by atoms with Gasteiger partial charge in [-0.05, 0) is 24.5 Å². The molecule has 2 aromatic rings. The highest BCUT2D eigenvalue weighted by Gasteiger charge is 2.52. The van der Waals surface area contributed by atoms with Crippen molar-refractivity contribution in [3.05, 3.63) is 35.3 Å². The van der Waals surface area contributed by atoms with Crippen molar-refractivity contribution in [3.8, 4) is 0 Å². The van der Waals surface area contributed by atoms with Crippen molar-refractivity contribution in [2.75, 3.05) is 18.0 Å². The lowest BCUT2D eigenvalue weighted by atomic mass is 9.97. The van der Waals surface area contributed by atoms with E-state index in [-0.39, 0.29) is 12.3 Å². The van der Waals surface area contributed by atoms with Gasteiger partial charge in [0.2, 0.25) is 0 Å². The lowest BCUT2D eigenvalue weighted by Crippen LogP contribution is -2.48. The summed E-state index contributed by atoms with van der Waals surface area (Å²) in [4.78, 5) is 17.6. The largest absolute Gasteiger partial charge is 0.476 e. The highest BCUT2D eigenvalue weighted by Crippen LogP contribution is 2.53. The minimum Gasteiger partial charge on any atom is -0.476 e. The number of carboxylic acid groups (broad SMARTS) is 1. The third-order valence-electron chi connectivity index (χ3n) is 4.63. The van der Waals surface area contributed by atoms with E-state index < -0.39 is 5.97 Å². The molecule has 1 aliphatic heterocycles. The molecule has 8 heteroatoms. The van der Waals surface area contributed by atoms with E-state index in [9.17, 15) is 9.90 Å². The van der Waals surface area contributed by atoms with Crippen LogP contribution in [0.1, 0.15) is 34.6 Å². The molecule has 1 saturated carbocycles. The Bertz CT molecular complexity index is 760. The fourth-order valence-electron chi connectivity index (χ4n) is 3.04. The van der Waals surface area contributed by atoms with Gasteiger partial charge in [-0.2, -0.15) is 0 Å². The number of aromatic nitrogens is 4. The predicted octanol–water partition coefficient (Wildman–Crippen LogP) is 0.512. The number of carboxylic acids is 1. The molecule has 1 saturated heterocycles. The maximum absolute atomic E-state index is 10.8. The number of carbonyl (C=O) groups is 1. The van der Waals surface area contributed by atoms with Crippen LogP contribution in [0.15, 0.2) is 18.3 Å². The third kappa shape index (κ3) is 2.55. The summed E-state index contributed by atoms with van der Waals surface area (Å²) in [6, 6.07) is 3.85. The van der Waals surface area contributed by atoms with Crippen LogP contribution in [-0.4, -0.2) is 49.2 Å². The first-order valence-corrected chi connectivity index (χ1v) is 7.57. The summed E-state index contributed by atoms with van der Waals surface area (Å²) < 4.78 is 1.43. The average molecular weight is 315 g/mol. The summed E-state index contributed by atoms with van der Waals surface area (Å²) in [5.41, 5.74) is 1.84. The molecule has 3 heterocycles. The van der Waals surface area contributed by atoms with E-state index in [2.05, 4.69) is 20.2 Å². The van der Waals surface area contributed by atoms with Gasteiger partial charge in [-0.25, -0.2) is 14.5 Å². The molecule has 0 amide bonds. The topological polar surface area (TPSA) is 104 Å². The number of rotatable bonds is 5.